The summed E-state index contributed by atoms with van der Waals surface area (Å²) in [6, 6.07) is 7.68. The van der Waals surface area contributed by atoms with Crippen LogP contribution in [0.4, 0.5) is 10.5 Å². The Morgan fingerprint density at radius 1 is 1.22 bits per heavy atom. The number of para-hydroxylation sites is 1. The number of benzene rings is 1. The summed E-state index contributed by atoms with van der Waals surface area (Å²) in [5.41, 5.74) is 1.11. The van der Waals surface area contributed by atoms with Crippen LogP contribution in [-0.2, 0) is 14.3 Å². The molecule has 23 heavy (non-hydrogen) atoms. The van der Waals surface area contributed by atoms with Gasteiger partial charge in [0.1, 0.15) is 0 Å². The fraction of sp³-hybridized carbons (Fsp3) is 0.444. The van der Waals surface area contributed by atoms with Crippen molar-refractivity contribution in [3.8, 4) is 0 Å². The number of allylic oxidation sites excluding steroid dienone is 1. The number of fused-ring (bicyclic) bond motifs is 3. The maximum atomic E-state index is 12.6. The highest BCUT2D eigenvalue weighted by Gasteiger charge is 2.76. The second kappa shape index (κ2) is 5.72. The molecular formula is C18H21NO4. The number of anilines is 1. The van der Waals surface area contributed by atoms with Crippen LogP contribution in [0, 0.1) is 5.92 Å². The van der Waals surface area contributed by atoms with E-state index in [1.807, 2.05) is 43.3 Å². The molecule has 3 rings (SSSR count). The van der Waals surface area contributed by atoms with Gasteiger partial charge in [-0.1, -0.05) is 30.4 Å². The third-order valence-electron chi connectivity index (χ3n) is 4.55. The van der Waals surface area contributed by atoms with Crippen molar-refractivity contribution in [2.45, 2.75) is 32.2 Å². The van der Waals surface area contributed by atoms with Crippen molar-refractivity contribution in [2.24, 2.45) is 5.92 Å². The monoisotopic (exact) mass is 315 g/mol. The highest BCUT2D eigenvalue weighted by Crippen LogP contribution is 2.69. The Morgan fingerprint density at radius 3 is 2.57 bits per heavy atom. The van der Waals surface area contributed by atoms with E-state index in [0.717, 1.165) is 11.3 Å². The van der Waals surface area contributed by atoms with Crippen LogP contribution >= 0.6 is 0 Å². The van der Waals surface area contributed by atoms with Crippen molar-refractivity contribution in [1.29, 1.82) is 0 Å². The molecule has 0 spiro atoms. The minimum atomic E-state index is -0.697. The number of amides is 1. The summed E-state index contributed by atoms with van der Waals surface area (Å²) in [5, 5.41) is 0. The van der Waals surface area contributed by atoms with Crippen molar-refractivity contribution >= 4 is 17.7 Å². The smallest absolute Gasteiger partial charge is 0.415 e. The molecule has 1 amide bonds. The van der Waals surface area contributed by atoms with Crippen molar-refractivity contribution in [1.82, 2.24) is 0 Å². The van der Waals surface area contributed by atoms with Gasteiger partial charge in [-0.15, -0.1) is 0 Å². The van der Waals surface area contributed by atoms with Gasteiger partial charge in [0.15, 0.2) is 0 Å². The molecule has 1 aliphatic heterocycles. The first-order valence-corrected chi connectivity index (χ1v) is 7.99. The molecule has 1 fully saturated rings. The second-order valence-corrected chi connectivity index (χ2v) is 5.69. The number of rotatable bonds is 4. The second-order valence-electron chi connectivity index (χ2n) is 5.69. The SMILES string of the molecule is C/C=C/[C@]12[C@H](C(=O)OCC)[C@H]1c1ccccc1N2C(=O)OCC. The Labute approximate surface area is 135 Å². The first-order valence-electron chi connectivity index (χ1n) is 7.99. The van der Waals surface area contributed by atoms with Crippen molar-refractivity contribution < 1.29 is 19.1 Å². The van der Waals surface area contributed by atoms with Crippen LogP contribution in [0.2, 0.25) is 0 Å². The van der Waals surface area contributed by atoms with Crippen LogP contribution in [0.15, 0.2) is 36.4 Å². The van der Waals surface area contributed by atoms with Gasteiger partial charge in [0.25, 0.3) is 0 Å². The van der Waals surface area contributed by atoms with Crippen molar-refractivity contribution in [3.05, 3.63) is 42.0 Å². The van der Waals surface area contributed by atoms with Gasteiger partial charge >= 0.3 is 12.1 Å². The van der Waals surface area contributed by atoms with Crippen LogP contribution in [0.3, 0.4) is 0 Å². The molecule has 1 saturated carbocycles. The lowest BCUT2D eigenvalue weighted by Crippen LogP contribution is -2.43. The molecule has 0 unspecified atom stereocenters. The summed E-state index contributed by atoms with van der Waals surface area (Å²) >= 11 is 0. The van der Waals surface area contributed by atoms with E-state index in [1.54, 1.807) is 18.7 Å². The van der Waals surface area contributed by atoms with Crippen LogP contribution in [0.1, 0.15) is 32.3 Å². The number of nitrogens with zero attached hydrogens (tertiary/aromatic N) is 1. The first-order chi connectivity index (χ1) is 11.1. The maximum absolute atomic E-state index is 12.6. The average Bonchev–Trinajstić information content (AvgIpc) is 3.09. The van der Waals surface area contributed by atoms with E-state index in [1.165, 1.54) is 0 Å². The standard InChI is InChI=1S/C18H21NO4/c1-4-11-18-14(15(18)16(20)22-5-2)12-9-7-8-10-13(12)19(18)17(21)23-6-3/h4,7-11,14-15H,5-6H2,1-3H3/b11-4+/t14-,15+,18-/m1/s1. The number of hydrogen-bond donors (Lipinski definition) is 0. The largest absolute Gasteiger partial charge is 0.466 e. The van der Waals surface area contributed by atoms with Gasteiger partial charge in [0.05, 0.1) is 30.4 Å². The highest BCUT2D eigenvalue weighted by atomic mass is 16.6. The topological polar surface area (TPSA) is 55.8 Å². The van der Waals surface area contributed by atoms with Gasteiger partial charge in [-0.3, -0.25) is 9.69 Å². The first kappa shape index (κ1) is 15.6. The van der Waals surface area contributed by atoms with Crippen LogP contribution in [0.5, 0.6) is 0 Å². The van der Waals surface area contributed by atoms with E-state index in [4.69, 9.17) is 9.47 Å². The molecule has 1 aromatic rings. The fourth-order valence-corrected chi connectivity index (χ4v) is 3.81. The number of carbonyl (C=O) groups excluding carboxylic acids is 2. The average molecular weight is 315 g/mol. The summed E-state index contributed by atoms with van der Waals surface area (Å²) in [6.45, 7) is 6.07. The molecule has 1 heterocycles. The zero-order chi connectivity index (χ0) is 16.6. The zero-order valence-corrected chi connectivity index (χ0v) is 13.6. The summed E-state index contributed by atoms with van der Waals surface area (Å²) in [7, 11) is 0. The lowest BCUT2D eigenvalue weighted by molar-refractivity contribution is -0.145. The fourth-order valence-electron chi connectivity index (χ4n) is 3.81. The minimum Gasteiger partial charge on any atom is -0.466 e. The molecule has 122 valence electrons. The predicted octanol–water partition coefficient (Wildman–Crippen LogP) is 3.25. The molecule has 1 aromatic carbocycles. The van der Waals surface area contributed by atoms with Gasteiger partial charge in [0, 0.05) is 5.92 Å². The number of carbonyl (C=O) groups is 2. The molecule has 2 aliphatic rings. The van der Waals surface area contributed by atoms with Gasteiger partial charge in [-0.2, -0.15) is 0 Å². The molecule has 0 N–H and O–H groups in total. The van der Waals surface area contributed by atoms with E-state index < -0.39 is 11.6 Å². The molecule has 5 heteroatoms. The Balaban J connectivity index is 2.09. The summed E-state index contributed by atoms with van der Waals surface area (Å²) in [5.74, 6) is -0.712. The van der Waals surface area contributed by atoms with Gasteiger partial charge in [0.2, 0.25) is 0 Å². The molecule has 5 nitrogen and oxygen atoms in total. The summed E-state index contributed by atoms with van der Waals surface area (Å²) < 4.78 is 10.5. The van der Waals surface area contributed by atoms with Gasteiger partial charge in [-0.25, -0.2) is 4.79 Å². The van der Waals surface area contributed by atoms with E-state index in [-0.39, 0.29) is 24.4 Å². The summed E-state index contributed by atoms with van der Waals surface area (Å²) in [4.78, 5) is 26.6. The lowest BCUT2D eigenvalue weighted by Gasteiger charge is -2.27. The molecule has 1 aliphatic carbocycles. The van der Waals surface area contributed by atoms with Crippen LogP contribution in [0.25, 0.3) is 0 Å². The Bertz CT molecular complexity index is 669. The summed E-state index contributed by atoms with van der Waals surface area (Å²) in [6.07, 6.45) is 3.38. The normalized spacial score (nSPS) is 27.5. The zero-order valence-electron chi connectivity index (χ0n) is 13.6. The molecule has 0 bridgehead atoms. The number of ether oxygens (including phenoxy) is 2. The number of hydrogen-bond acceptors (Lipinski definition) is 4. The Morgan fingerprint density at radius 2 is 1.91 bits per heavy atom. The van der Waals surface area contributed by atoms with E-state index in [9.17, 15) is 9.59 Å². The van der Waals surface area contributed by atoms with Crippen LogP contribution < -0.4 is 4.90 Å². The lowest BCUT2D eigenvalue weighted by atomic mass is 10.1. The van der Waals surface area contributed by atoms with E-state index >= 15 is 0 Å². The van der Waals surface area contributed by atoms with Gasteiger partial charge < -0.3 is 9.47 Å². The Hall–Kier alpha value is -2.30. The van der Waals surface area contributed by atoms with Gasteiger partial charge in [-0.05, 0) is 32.4 Å². The molecule has 0 radical (unpaired) electrons. The molecule has 0 saturated heterocycles. The minimum absolute atomic E-state index is 0.0710. The highest BCUT2D eigenvalue weighted by molar-refractivity contribution is 6.01. The van der Waals surface area contributed by atoms with Crippen molar-refractivity contribution in [2.75, 3.05) is 18.1 Å². The number of esters is 1. The van der Waals surface area contributed by atoms with E-state index in [0.29, 0.717) is 6.61 Å². The van der Waals surface area contributed by atoms with Crippen LogP contribution in [-0.4, -0.2) is 30.8 Å². The molecule has 3 atom stereocenters. The van der Waals surface area contributed by atoms with Crippen molar-refractivity contribution in [3.63, 3.8) is 0 Å². The molecular weight excluding hydrogens is 294 g/mol. The molecule has 0 aromatic heterocycles. The van der Waals surface area contributed by atoms with E-state index in [2.05, 4.69) is 0 Å². The Kier molecular flexibility index (Phi) is 3.88. The maximum Gasteiger partial charge on any atom is 0.415 e. The quantitative estimate of drug-likeness (QED) is 0.632. The third-order valence-corrected chi connectivity index (χ3v) is 4.55. The predicted molar refractivity (Wildman–Crippen MR) is 86.4 cm³/mol. The third kappa shape index (κ3) is 2.06.